The largest absolute Gasteiger partial charge is 0.315 e. The summed E-state index contributed by atoms with van der Waals surface area (Å²) < 4.78 is 0. The normalized spacial score (nSPS) is 41.7. The lowest BCUT2D eigenvalue weighted by molar-refractivity contribution is 0.227. The maximum absolute atomic E-state index is 3.40. The Balaban J connectivity index is 2.38. The molecule has 0 aromatic heterocycles. The van der Waals surface area contributed by atoms with Gasteiger partial charge in [0.2, 0.25) is 0 Å². The molecule has 1 aliphatic carbocycles. The molecule has 0 heterocycles. The first-order valence-electron chi connectivity index (χ1n) is 4.35. The molecule has 0 aliphatic heterocycles. The molecule has 0 radical (unpaired) electrons. The quantitative estimate of drug-likeness (QED) is 0.590. The second-order valence-electron chi connectivity index (χ2n) is 3.99. The fourth-order valence-corrected chi connectivity index (χ4v) is 1.65. The summed E-state index contributed by atoms with van der Waals surface area (Å²) in [5, 5.41) is 3.40. The van der Waals surface area contributed by atoms with Gasteiger partial charge in [0, 0.05) is 5.54 Å². The first kappa shape index (κ1) is 8.06. The summed E-state index contributed by atoms with van der Waals surface area (Å²) in [5.74, 6) is 0.960. The molecule has 60 valence electrons. The Labute approximate surface area is 64.2 Å². The van der Waals surface area contributed by atoms with Gasteiger partial charge in [-0.1, -0.05) is 6.92 Å². The SMILES string of the molecule is CNC1(C)CCC(C)CC1. The molecule has 1 heteroatoms. The molecule has 1 saturated carbocycles. The standard InChI is InChI=1S/C9H19N/c1-8-4-6-9(2,10-3)7-5-8/h8,10H,4-7H2,1-3H3. The van der Waals surface area contributed by atoms with Gasteiger partial charge in [0.1, 0.15) is 0 Å². The van der Waals surface area contributed by atoms with E-state index in [0.29, 0.717) is 5.54 Å². The van der Waals surface area contributed by atoms with Crippen LogP contribution in [0.25, 0.3) is 0 Å². The third-order valence-electron chi connectivity index (χ3n) is 2.98. The second-order valence-corrected chi connectivity index (χ2v) is 3.99. The zero-order chi connectivity index (χ0) is 7.61. The van der Waals surface area contributed by atoms with Crippen LogP contribution in [0.2, 0.25) is 0 Å². The number of rotatable bonds is 1. The van der Waals surface area contributed by atoms with Crippen LogP contribution in [0, 0.1) is 5.92 Å². The average Bonchev–Trinajstić information content (AvgIpc) is 1.96. The van der Waals surface area contributed by atoms with Crippen LogP contribution in [0.3, 0.4) is 0 Å². The molecule has 0 saturated heterocycles. The Kier molecular flexibility index (Phi) is 2.35. The molecule has 0 spiro atoms. The summed E-state index contributed by atoms with van der Waals surface area (Å²) in [6, 6.07) is 0. The summed E-state index contributed by atoms with van der Waals surface area (Å²) in [7, 11) is 2.08. The third-order valence-corrected chi connectivity index (χ3v) is 2.98. The van der Waals surface area contributed by atoms with Crippen molar-refractivity contribution in [1.29, 1.82) is 0 Å². The molecule has 1 nitrogen and oxygen atoms in total. The molecule has 0 amide bonds. The van der Waals surface area contributed by atoms with E-state index in [4.69, 9.17) is 0 Å². The van der Waals surface area contributed by atoms with Gasteiger partial charge in [-0.25, -0.2) is 0 Å². The van der Waals surface area contributed by atoms with Crippen LogP contribution in [0.5, 0.6) is 0 Å². The van der Waals surface area contributed by atoms with Crippen molar-refractivity contribution in [2.45, 2.75) is 45.1 Å². The summed E-state index contributed by atoms with van der Waals surface area (Å²) in [5.41, 5.74) is 0.451. The van der Waals surface area contributed by atoms with Crippen molar-refractivity contribution < 1.29 is 0 Å². The second kappa shape index (κ2) is 2.91. The predicted molar refractivity (Wildman–Crippen MR) is 45.1 cm³/mol. The first-order chi connectivity index (χ1) is 4.66. The van der Waals surface area contributed by atoms with E-state index in [-0.39, 0.29) is 0 Å². The van der Waals surface area contributed by atoms with Gasteiger partial charge in [-0.3, -0.25) is 0 Å². The summed E-state index contributed by atoms with van der Waals surface area (Å²) in [4.78, 5) is 0. The van der Waals surface area contributed by atoms with E-state index in [2.05, 4.69) is 26.2 Å². The van der Waals surface area contributed by atoms with E-state index in [1.807, 2.05) is 0 Å². The highest BCUT2D eigenvalue weighted by Crippen LogP contribution is 2.30. The van der Waals surface area contributed by atoms with Gasteiger partial charge in [0.05, 0.1) is 0 Å². The zero-order valence-electron chi connectivity index (χ0n) is 7.41. The molecule has 1 rings (SSSR count). The van der Waals surface area contributed by atoms with E-state index >= 15 is 0 Å². The van der Waals surface area contributed by atoms with Crippen LogP contribution < -0.4 is 5.32 Å². The van der Waals surface area contributed by atoms with Crippen LogP contribution in [0.1, 0.15) is 39.5 Å². The Morgan fingerprint density at radius 2 is 1.80 bits per heavy atom. The minimum Gasteiger partial charge on any atom is -0.315 e. The van der Waals surface area contributed by atoms with E-state index in [0.717, 1.165) is 5.92 Å². The molecule has 0 bridgehead atoms. The minimum atomic E-state index is 0.451. The minimum absolute atomic E-state index is 0.451. The van der Waals surface area contributed by atoms with Crippen molar-refractivity contribution in [1.82, 2.24) is 5.32 Å². The highest BCUT2D eigenvalue weighted by atomic mass is 14.9. The van der Waals surface area contributed by atoms with Crippen LogP contribution in [-0.4, -0.2) is 12.6 Å². The van der Waals surface area contributed by atoms with Crippen LogP contribution >= 0.6 is 0 Å². The van der Waals surface area contributed by atoms with E-state index < -0.39 is 0 Å². The monoisotopic (exact) mass is 141 g/mol. The number of hydrogen-bond donors (Lipinski definition) is 1. The van der Waals surface area contributed by atoms with Gasteiger partial charge in [-0.15, -0.1) is 0 Å². The van der Waals surface area contributed by atoms with Gasteiger partial charge >= 0.3 is 0 Å². The van der Waals surface area contributed by atoms with Gasteiger partial charge in [0.15, 0.2) is 0 Å². The molecule has 0 aromatic carbocycles. The van der Waals surface area contributed by atoms with Crippen molar-refractivity contribution in [3.8, 4) is 0 Å². The van der Waals surface area contributed by atoms with Gasteiger partial charge < -0.3 is 5.32 Å². The Morgan fingerprint density at radius 1 is 1.30 bits per heavy atom. The lowest BCUT2D eigenvalue weighted by Gasteiger charge is -2.36. The molecule has 10 heavy (non-hydrogen) atoms. The van der Waals surface area contributed by atoms with Crippen LogP contribution in [0.4, 0.5) is 0 Å². The smallest absolute Gasteiger partial charge is 0.0150 e. The molecule has 0 unspecified atom stereocenters. The van der Waals surface area contributed by atoms with E-state index in [1.54, 1.807) is 0 Å². The predicted octanol–water partition coefficient (Wildman–Crippen LogP) is 2.17. The van der Waals surface area contributed by atoms with Crippen molar-refractivity contribution in [3.05, 3.63) is 0 Å². The van der Waals surface area contributed by atoms with Crippen molar-refractivity contribution in [3.63, 3.8) is 0 Å². The number of hydrogen-bond acceptors (Lipinski definition) is 1. The van der Waals surface area contributed by atoms with Crippen molar-refractivity contribution >= 4 is 0 Å². The molecule has 0 aromatic rings. The Morgan fingerprint density at radius 3 is 2.20 bits per heavy atom. The van der Waals surface area contributed by atoms with Crippen LogP contribution in [-0.2, 0) is 0 Å². The lowest BCUT2D eigenvalue weighted by atomic mass is 9.78. The average molecular weight is 141 g/mol. The lowest BCUT2D eigenvalue weighted by Crippen LogP contribution is -2.42. The van der Waals surface area contributed by atoms with Gasteiger partial charge in [-0.2, -0.15) is 0 Å². The summed E-state index contributed by atoms with van der Waals surface area (Å²) in [6.45, 7) is 4.69. The summed E-state index contributed by atoms with van der Waals surface area (Å²) in [6.07, 6.45) is 5.50. The van der Waals surface area contributed by atoms with Gasteiger partial charge in [-0.05, 0) is 45.6 Å². The first-order valence-corrected chi connectivity index (χ1v) is 4.35. The Hall–Kier alpha value is -0.0400. The van der Waals surface area contributed by atoms with Gasteiger partial charge in [0.25, 0.3) is 0 Å². The summed E-state index contributed by atoms with van der Waals surface area (Å²) >= 11 is 0. The van der Waals surface area contributed by atoms with E-state index in [9.17, 15) is 0 Å². The molecule has 1 aliphatic rings. The molecular formula is C9H19N. The fourth-order valence-electron chi connectivity index (χ4n) is 1.65. The topological polar surface area (TPSA) is 12.0 Å². The number of nitrogens with one attached hydrogen (secondary N) is 1. The third kappa shape index (κ3) is 1.72. The fraction of sp³-hybridized carbons (Fsp3) is 1.00. The highest BCUT2D eigenvalue weighted by Gasteiger charge is 2.27. The molecular weight excluding hydrogens is 122 g/mol. The molecule has 1 N–H and O–H groups in total. The van der Waals surface area contributed by atoms with E-state index in [1.165, 1.54) is 25.7 Å². The van der Waals surface area contributed by atoms with Crippen molar-refractivity contribution in [2.24, 2.45) is 5.92 Å². The van der Waals surface area contributed by atoms with Crippen LogP contribution in [0.15, 0.2) is 0 Å². The Bertz CT molecular complexity index is 101. The highest BCUT2D eigenvalue weighted by molar-refractivity contribution is 4.86. The molecule has 1 fully saturated rings. The van der Waals surface area contributed by atoms with Crippen molar-refractivity contribution in [2.75, 3.05) is 7.05 Å². The maximum atomic E-state index is 3.40. The zero-order valence-corrected chi connectivity index (χ0v) is 7.41. The molecule has 0 atom stereocenters. The maximum Gasteiger partial charge on any atom is 0.0150 e.